The largest absolute Gasteiger partial charge is 0.427 e. The molecule has 0 saturated carbocycles. The summed E-state index contributed by atoms with van der Waals surface area (Å²) in [5, 5.41) is 9.67. The van der Waals surface area contributed by atoms with E-state index in [1.54, 1.807) is 39.2 Å². The van der Waals surface area contributed by atoms with Crippen molar-refractivity contribution >= 4 is 16.9 Å². The van der Waals surface area contributed by atoms with Crippen LogP contribution in [0, 0.1) is 6.92 Å². The van der Waals surface area contributed by atoms with Crippen LogP contribution in [0.2, 0.25) is 0 Å². The summed E-state index contributed by atoms with van der Waals surface area (Å²) in [5.41, 5.74) is 1.76. The van der Waals surface area contributed by atoms with Crippen LogP contribution in [0.3, 0.4) is 0 Å². The van der Waals surface area contributed by atoms with Crippen molar-refractivity contribution in [2.24, 2.45) is 0 Å². The van der Waals surface area contributed by atoms with Crippen molar-refractivity contribution in [1.29, 1.82) is 0 Å². The molecule has 1 N–H and O–H groups in total. The van der Waals surface area contributed by atoms with Crippen LogP contribution < -0.4 is 0 Å². The number of carbonyl (C=O) groups is 1. The minimum Gasteiger partial charge on any atom is -0.427 e. The SMILES string of the molecule is Cc1nc2ccc(C(=O)N(C)C)cc2n1O. The number of hydrogen-bond donors (Lipinski definition) is 1. The van der Waals surface area contributed by atoms with E-state index in [9.17, 15) is 10.0 Å². The maximum Gasteiger partial charge on any atom is 0.253 e. The van der Waals surface area contributed by atoms with E-state index in [0.29, 0.717) is 22.4 Å². The molecule has 0 radical (unpaired) electrons. The van der Waals surface area contributed by atoms with Crippen molar-refractivity contribution in [3.63, 3.8) is 0 Å². The average Bonchev–Trinajstić information content (AvgIpc) is 2.53. The number of nitrogens with zero attached hydrogens (tertiary/aromatic N) is 3. The molecule has 1 aromatic heterocycles. The van der Waals surface area contributed by atoms with E-state index in [4.69, 9.17) is 0 Å². The Hall–Kier alpha value is -2.04. The van der Waals surface area contributed by atoms with Gasteiger partial charge in [0.2, 0.25) is 0 Å². The third-order valence-electron chi connectivity index (χ3n) is 2.45. The summed E-state index contributed by atoms with van der Waals surface area (Å²) < 4.78 is 0.988. The number of aromatic nitrogens is 2. The number of fused-ring (bicyclic) bond motifs is 1. The van der Waals surface area contributed by atoms with Gasteiger partial charge in [0.05, 0.1) is 5.52 Å². The predicted molar refractivity (Wildman–Crippen MR) is 59.7 cm³/mol. The lowest BCUT2D eigenvalue weighted by atomic mass is 10.2. The van der Waals surface area contributed by atoms with Crippen molar-refractivity contribution in [2.75, 3.05) is 14.1 Å². The van der Waals surface area contributed by atoms with Gasteiger partial charge in [-0.05, 0) is 25.1 Å². The quantitative estimate of drug-likeness (QED) is 0.735. The van der Waals surface area contributed by atoms with Gasteiger partial charge in [-0.3, -0.25) is 4.79 Å². The van der Waals surface area contributed by atoms with Gasteiger partial charge in [-0.25, -0.2) is 4.98 Å². The molecule has 0 saturated heterocycles. The fourth-order valence-corrected chi connectivity index (χ4v) is 1.57. The van der Waals surface area contributed by atoms with Crippen LogP contribution in [0.5, 0.6) is 0 Å². The molecule has 5 heteroatoms. The van der Waals surface area contributed by atoms with Gasteiger partial charge in [0, 0.05) is 19.7 Å². The van der Waals surface area contributed by atoms with Crippen molar-refractivity contribution in [3.8, 4) is 0 Å². The smallest absolute Gasteiger partial charge is 0.253 e. The molecule has 16 heavy (non-hydrogen) atoms. The van der Waals surface area contributed by atoms with Gasteiger partial charge in [0.25, 0.3) is 5.91 Å². The maximum atomic E-state index is 11.7. The molecule has 0 spiro atoms. The molecule has 84 valence electrons. The number of hydrogen-bond acceptors (Lipinski definition) is 3. The van der Waals surface area contributed by atoms with Crippen molar-refractivity contribution in [2.45, 2.75) is 6.92 Å². The van der Waals surface area contributed by atoms with Crippen LogP contribution in [0.1, 0.15) is 16.2 Å². The van der Waals surface area contributed by atoms with E-state index in [2.05, 4.69) is 4.98 Å². The number of imidazole rings is 1. The van der Waals surface area contributed by atoms with E-state index in [1.165, 1.54) is 4.90 Å². The van der Waals surface area contributed by atoms with Crippen molar-refractivity contribution in [1.82, 2.24) is 14.6 Å². The molecule has 0 aliphatic rings. The van der Waals surface area contributed by atoms with Crippen LogP contribution in [0.15, 0.2) is 18.2 Å². The van der Waals surface area contributed by atoms with Gasteiger partial charge >= 0.3 is 0 Å². The maximum absolute atomic E-state index is 11.7. The predicted octanol–water partition coefficient (Wildman–Crippen LogP) is 1.28. The fraction of sp³-hybridized carbons (Fsp3) is 0.273. The molecule has 2 rings (SSSR count). The molecule has 0 fully saturated rings. The van der Waals surface area contributed by atoms with Gasteiger partial charge in [-0.1, -0.05) is 0 Å². The van der Waals surface area contributed by atoms with Crippen LogP contribution in [-0.4, -0.2) is 39.8 Å². The molecule has 1 aromatic carbocycles. The highest BCUT2D eigenvalue weighted by Crippen LogP contribution is 2.16. The normalized spacial score (nSPS) is 10.7. The Bertz CT molecular complexity index is 558. The topological polar surface area (TPSA) is 58.4 Å². The molecular weight excluding hydrogens is 206 g/mol. The van der Waals surface area contributed by atoms with Crippen LogP contribution in [-0.2, 0) is 0 Å². The Morgan fingerprint density at radius 3 is 2.75 bits per heavy atom. The lowest BCUT2D eigenvalue weighted by molar-refractivity contribution is 0.0827. The zero-order valence-electron chi connectivity index (χ0n) is 9.43. The van der Waals surface area contributed by atoms with Gasteiger partial charge in [0.1, 0.15) is 11.3 Å². The van der Waals surface area contributed by atoms with Gasteiger partial charge in [0.15, 0.2) is 0 Å². The minimum absolute atomic E-state index is 0.0965. The highest BCUT2D eigenvalue weighted by atomic mass is 16.5. The highest BCUT2D eigenvalue weighted by molar-refractivity contribution is 5.97. The molecule has 1 heterocycles. The second-order valence-electron chi connectivity index (χ2n) is 3.87. The molecule has 0 aliphatic carbocycles. The number of amides is 1. The first-order valence-electron chi connectivity index (χ1n) is 4.90. The van der Waals surface area contributed by atoms with Crippen molar-refractivity contribution < 1.29 is 10.0 Å². The van der Waals surface area contributed by atoms with Crippen LogP contribution >= 0.6 is 0 Å². The van der Waals surface area contributed by atoms with E-state index in [1.807, 2.05) is 0 Å². The van der Waals surface area contributed by atoms with E-state index in [0.717, 1.165) is 4.73 Å². The Morgan fingerprint density at radius 2 is 2.12 bits per heavy atom. The fourth-order valence-electron chi connectivity index (χ4n) is 1.57. The first kappa shape index (κ1) is 10.5. The second-order valence-corrected chi connectivity index (χ2v) is 3.87. The number of benzene rings is 1. The molecule has 0 unspecified atom stereocenters. The number of carbonyl (C=O) groups excluding carboxylic acids is 1. The van der Waals surface area contributed by atoms with Gasteiger partial charge in [-0.15, -0.1) is 0 Å². The van der Waals surface area contributed by atoms with Crippen LogP contribution in [0.4, 0.5) is 0 Å². The van der Waals surface area contributed by atoms with E-state index in [-0.39, 0.29) is 5.91 Å². The summed E-state index contributed by atoms with van der Waals surface area (Å²) >= 11 is 0. The Morgan fingerprint density at radius 1 is 1.44 bits per heavy atom. The zero-order chi connectivity index (χ0) is 11.9. The summed E-state index contributed by atoms with van der Waals surface area (Å²) in [7, 11) is 3.38. The Labute approximate surface area is 92.9 Å². The summed E-state index contributed by atoms with van der Waals surface area (Å²) in [4.78, 5) is 17.4. The molecular formula is C11H13N3O2. The minimum atomic E-state index is -0.0965. The average molecular weight is 219 g/mol. The molecule has 0 bridgehead atoms. The van der Waals surface area contributed by atoms with Gasteiger partial charge in [-0.2, -0.15) is 4.73 Å². The molecule has 5 nitrogen and oxygen atoms in total. The summed E-state index contributed by atoms with van der Waals surface area (Å²) in [5.74, 6) is 0.408. The third kappa shape index (κ3) is 1.50. The molecule has 0 aliphatic heterocycles. The first-order chi connectivity index (χ1) is 7.50. The third-order valence-corrected chi connectivity index (χ3v) is 2.45. The monoisotopic (exact) mass is 219 g/mol. The van der Waals surface area contributed by atoms with Crippen LogP contribution in [0.25, 0.3) is 11.0 Å². The summed E-state index contributed by atoms with van der Waals surface area (Å²) in [6.45, 7) is 1.70. The summed E-state index contributed by atoms with van der Waals surface area (Å²) in [6, 6.07) is 5.07. The molecule has 2 aromatic rings. The lowest BCUT2D eigenvalue weighted by Gasteiger charge is -2.09. The standard InChI is InChI=1S/C11H13N3O2/c1-7-12-9-5-4-8(11(15)13(2)3)6-10(9)14(7)16/h4-6,16H,1-3H3. The Balaban J connectivity index is 2.59. The summed E-state index contributed by atoms with van der Waals surface area (Å²) in [6.07, 6.45) is 0. The first-order valence-corrected chi connectivity index (χ1v) is 4.90. The number of aryl methyl sites for hydroxylation is 1. The second kappa shape index (κ2) is 3.52. The van der Waals surface area contributed by atoms with E-state index < -0.39 is 0 Å². The lowest BCUT2D eigenvalue weighted by Crippen LogP contribution is -2.21. The van der Waals surface area contributed by atoms with Gasteiger partial charge < -0.3 is 10.1 Å². The van der Waals surface area contributed by atoms with Crippen molar-refractivity contribution in [3.05, 3.63) is 29.6 Å². The zero-order valence-corrected chi connectivity index (χ0v) is 9.43. The number of rotatable bonds is 1. The molecule has 1 amide bonds. The van der Waals surface area contributed by atoms with E-state index >= 15 is 0 Å². The Kier molecular flexibility index (Phi) is 2.30. The molecule has 0 atom stereocenters. The highest BCUT2D eigenvalue weighted by Gasteiger charge is 2.12.